The van der Waals surface area contributed by atoms with Gasteiger partial charge in [0.2, 0.25) is 5.95 Å². The van der Waals surface area contributed by atoms with Crippen LogP contribution in [-0.2, 0) is 10.3 Å². The van der Waals surface area contributed by atoms with Crippen LogP contribution in [0, 0.1) is 5.92 Å². The van der Waals surface area contributed by atoms with Gasteiger partial charge in [-0.05, 0) is 34.1 Å². The number of nitrogens with zero attached hydrogens (tertiary/aromatic N) is 7. The van der Waals surface area contributed by atoms with Crippen molar-refractivity contribution in [3.05, 3.63) is 24.0 Å². The highest BCUT2D eigenvalue weighted by atomic mass is 19.3. The third-order valence-corrected chi connectivity index (χ3v) is 7.00. The maximum absolute atomic E-state index is 14.3. The predicted molar refractivity (Wildman–Crippen MR) is 118 cm³/mol. The molecular formula is C22H24F2N8O. The fourth-order valence-corrected chi connectivity index (χ4v) is 5.26. The third kappa shape index (κ3) is 2.83. The maximum Gasteiger partial charge on any atom is 0.254 e. The number of hydrogen-bond acceptors (Lipinski definition) is 8. The first kappa shape index (κ1) is 20.3. The van der Waals surface area contributed by atoms with Crippen LogP contribution >= 0.6 is 0 Å². The lowest BCUT2D eigenvalue weighted by Crippen LogP contribution is -2.41. The number of halogens is 2. The zero-order valence-electron chi connectivity index (χ0n) is 18.8. The Morgan fingerprint density at radius 1 is 1.12 bits per heavy atom. The molecule has 5 heterocycles. The number of imidazole rings is 1. The van der Waals surface area contributed by atoms with Crippen LogP contribution in [0.2, 0.25) is 0 Å². The summed E-state index contributed by atoms with van der Waals surface area (Å²) in [4.78, 5) is 24.6. The Morgan fingerprint density at radius 2 is 1.85 bits per heavy atom. The van der Waals surface area contributed by atoms with Crippen molar-refractivity contribution in [3.8, 4) is 11.4 Å². The number of ether oxygens (including phenoxy) is 1. The molecule has 2 fully saturated rings. The molecular weight excluding hydrogens is 430 g/mol. The molecule has 11 heteroatoms. The van der Waals surface area contributed by atoms with Gasteiger partial charge in [-0.25, -0.2) is 33.7 Å². The Morgan fingerprint density at radius 3 is 2.48 bits per heavy atom. The van der Waals surface area contributed by atoms with Crippen molar-refractivity contribution in [2.45, 2.75) is 58.1 Å². The summed E-state index contributed by atoms with van der Waals surface area (Å²) in [6.45, 7) is 7.98. The van der Waals surface area contributed by atoms with Crippen molar-refractivity contribution in [2.24, 2.45) is 5.92 Å². The topological polar surface area (TPSA) is 108 Å². The lowest BCUT2D eigenvalue weighted by Gasteiger charge is -2.32. The van der Waals surface area contributed by atoms with Crippen LogP contribution in [0.15, 0.2) is 18.2 Å². The number of alkyl halides is 2. The molecule has 2 unspecified atom stereocenters. The van der Waals surface area contributed by atoms with Crippen molar-refractivity contribution >= 4 is 28.6 Å². The number of fused-ring (bicyclic) bond motifs is 5. The van der Waals surface area contributed by atoms with Gasteiger partial charge in [0.15, 0.2) is 34.2 Å². The van der Waals surface area contributed by atoms with E-state index >= 15 is 0 Å². The summed E-state index contributed by atoms with van der Waals surface area (Å²) in [6, 6.07) is -0.292. The second kappa shape index (κ2) is 6.36. The second-order valence-electron chi connectivity index (χ2n) is 9.60. The molecule has 2 bridgehead atoms. The van der Waals surface area contributed by atoms with Crippen molar-refractivity contribution < 1.29 is 13.5 Å². The number of aromatic nitrogens is 6. The molecule has 3 aromatic rings. The summed E-state index contributed by atoms with van der Waals surface area (Å²) in [7, 11) is 0. The lowest BCUT2D eigenvalue weighted by molar-refractivity contribution is -0.0410. The Balaban J connectivity index is 1.61. The van der Waals surface area contributed by atoms with Gasteiger partial charge in [0, 0.05) is 37.3 Å². The molecule has 1 saturated heterocycles. The minimum absolute atomic E-state index is 0.147. The second-order valence-corrected chi connectivity index (χ2v) is 9.60. The molecule has 3 aliphatic rings. The first-order valence-electron chi connectivity index (χ1n) is 11.0. The van der Waals surface area contributed by atoms with Gasteiger partial charge >= 0.3 is 0 Å². The quantitative estimate of drug-likeness (QED) is 0.626. The first-order valence-corrected chi connectivity index (χ1v) is 11.0. The minimum Gasteiger partial charge on any atom is -0.483 e. The van der Waals surface area contributed by atoms with Gasteiger partial charge in [-0.3, -0.25) is 4.57 Å². The SMILES string of the molecule is CC1=C(C)n2c(nc3c(N4CC5CC4CC5(F)F)nc(-c4cnc(N)nc4)nc32)C(C)(C)O1. The van der Waals surface area contributed by atoms with E-state index in [9.17, 15) is 8.78 Å². The van der Waals surface area contributed by atoms with Crippen LogP contribution in [0.25, 0.3) is 28.2 Å². The number of nitrogen functional groups attached to an aromatic ring is 1. The summed E-state index contributed by atoms with van der Waals surface area (Å²) in [5, 5.41) is 0. The number of rotatable bonds is 2. The molecule has 172 valence electrons. The Hall–Kier alpha value is -3.37. The molecule has 9 nitrogen and oxygen atoms in total. The summed E-state index contributed by atoms with van der Waals surface area (Å²) in [6.07, 6.45) is 3.39. The van der Waals surface area contributed by atoms with Crippen molar-refractivity contribution in [2.75, 3.05) is 17.2 Å². The van der Waals surface area contributed by atoms with Crippen LogP contribution in [0.4, 0.5) is 20.5 Å². The Bertz CT molecular complexity index is 1330. The van der Waals surface area contributed by atoms with Crippen LogP contribution < -0.4 is 10.6 Å². The largest absolute Gasteiger partial charge is 0.483 e. The molecule has 3 aromatic heterocycles. The van der Waals surface area contributed by atoms with E-state index in [2.05, 4.69) is 9.97 Å². The van der Waals surface area contributed by atoms with Gasteiger partial charge < -0.3 is 15.4 Å². The fraction of sp³-hybridized carbons (Fsp3) is 0.500. The summed E-state index contributed by atoms with van der Waals surface area (Å²) < 4.78 is 36.6. The van der Waals surface area contributed by atoms with E-state index in [4.69, 9.17) is 25.4 Å². The molecule has 0 spiro atoms. The summed E-state index contributed by atoms with van der Waals surface area (Å²) in [5.74, 6) is -0.769. The highest BCUT2D eigenvalue weighted by molar-refractivity contribution is 5.89. The van der Waals surface area contributed by atoms with E-state index in [0.717, 1.165) is 11.5 Å². The number of anilines is 2. The molecule has 2 N–H and O–H groups in total. The number of allylic oxidation sites excluding steroid dienone is 2. The molecule has 0 aromatic carbocycles. The lowest BCUT2D eigenvalue weighted by atomic mass is 10.1. The van der Waals surface area contributed by atoms with E-state index in [1.807, 2.05) is 37.2 Å². The molecule has 33 heavy (non-hydrogen) atoms. The van der Waals surface area contributed by atoms with E-state index < -0.39 is 17.4 Å². The molecule has 2 aliphatic heterocycles. The smallest absolute Gasteiger partial charge is 0.254 e. The van der Waals surface area contributed by atoms with Crippen molar-refractivity contribution in [1.29, 1.82) is 0 Å². The Kier molecular flexibility index (Phi) is 3.90. The average molecular weight is 454 g/mol. The fourth-order valence-electron chi connectivity index (χ4n) is 5.26. The van der Waals surface area contributed by atoms with Crippen LogP contribution in [0.3, 0.4) is 0 Å². The maximum atomic E-state index is 14.3. The number of piperidine rings is 1. The van der Waals surface area contributed by atoms with Crippen molar-refractivity contribution in [1.82, 2.24) is 29.5 Å². The van der Waals surface area contributed by atoms with E-state index in [-0.39, 0.29) is 25.0 Å². The predicted octanol–water partition coefficient (Wildman–Crippen LogP) is 3.57. The molecule has 6 rings (SSSR count). The van der Waals surface area contributed by atoms with Gasteiger partial charge in [0.05, 0.1) is 11.3 Å². The number of hydrogen-bond donors (Lipinski definition) is 1. The van der Waals surface area contributed by atoms with Gasteiger partial charge in [-0.2, -0.15) is 0 Å². The molecule has 0 amide bonds. The summed E-state index contributed by atoms with van der Waals surface area (Å²) in [5.41, 5.74) is 7.59. The van der Waals surface area contributed by atoms with Gasteiger partial charge in [0.1, 0.15) is 5.76 Å². The minimum atomic E-state index is -2.64. The van der Waals surface area contributed by atoms with Crippen LogP contribution in [-0.4, -0.2) is 48.0 Å². The highest BCUT2D eigenvalue weighted by Crippen LogP contribution is 2.50. The molecule has 1 saturated carbocycles. The standard InChI is InChI=1S/C22H24F2N8O/c1-10-11(2)33-21(3,4)19-28-15-17(31-9-13-5-14(31)6-22(13,23)24)29-16(30-18(15)32(10)19)12-7-26-20(25)27-8-12/h7-8,13-14H,5-6,9H2,1-4H3,(H2,25,26,27). The monoisotopic (exact) mass is 454 g/mol. The van der Waals surface area contributed by atoms with E-state index in [1.54, 1.807) is 12.4 Å². The highest BCUT2D eigenvalue weighted by Gasteiger charge is 2.56. The van der Waals surface area contributed by atoms with E-state index in [1.165, 1.54) is 0 Å². The molecule has 2 atom stereocenters. The third-order valence-electron chi connectivity index (χ3n) is 7.00. The first-order chi connectivity index (χ1) is 15.5. The normalized spacial score (nSPS) is 25.0. The molecule has 0 radical (unpaired) electrons. The van der Waals surface area contributed by atoms with Gasteiger partial charge in [-0.1, -0.05) is 0 Å². The zero-order valence-corrected chi connectivity index (χ0v) is 18.8. The van der Waals surface area contributed by atoms with E-state index in [0.29, 0.717) is 40.6 Å². The van der Waals surface area contributed by atoms with Crippen molar-refractivity contribution in [3.63, 3.8) is 0 Å². The van der Waals surface area contributed by atoms with Crippen LogP contribution in [0.5, 0.6) is 0 Å². The molecule has 1 aliphatic carbocycles. The zero-order chi connectivity index (χ0) is 23.3. The average Bonchev–Trinajstić information content (AvgIpc) is 3.42. The number of nitrogens with two attached hydrogens (primary N) is 1. The summed E-state index contributed by atoms with van der Waals surface area (Å²) >= 11 is 0. The van der Waals surface area contributed by atoms with Gasteiger partial charge in [0.25, 0.3) is 5.92 Å². The Labute approximate surface area is 188 Å². The van der Waals surface area contributed by atoms with Crippen LogP contribution in [0.1, 0.15) is 46.4 Å². The van der Waals surface area contributed by atoms with Gasteiger partial charge in [-0.15, -0.1) is 0 Å².